The maximum absolute atomic E-state index is 13.6. The van der Waals surface area contributed by atoms with Crippen LogP contribution in [-0.4, -0.2) is 25.8 Å². The van der Waals surface area contributed by atoms with E-state index in [4.69, 9.17) is 5.14 Å². The highest BCUT2D eigenvalue weighted by molar-refractivity contribution is 7.89. The number of hydrogen-bond donors (Lipinski definition) is 1. The number of sulfonamides is 1. The Bertz CT molecular complexity index is 1120. The normalized spacial score (nSPS) is 16.9. The molecule has 0 saturated carbocycles. The Balaban J connectivity index is 2.26. The van der Waals surface area contributed by atoms with E-state index in [2.05, 4.69) is 4.98 Å². The third-order valence-corrected chi connectivity index (χ3v) is 5.37. The zero-order chi connectivity index (χ0) is 22.5. The number of primary sulfonamides is 1. The van der Waals surface area contributed by atoms with E-state index in [9.17, 15) is 39.2 Å². The number of nitrogens with zero attached hydrogens (tertiary/aromatic N) is 1. The summed E-state index contributed by atoms with van der Waals surface area (Å²) in [7, 11) is -4.18. The summed E-state index contributed by atoms with van der Waals surface area (Å²) in [5.41, 5.74) is -5.80. The molecule has 1 heterocycles. The minimum Gasteiger partial charge on any atom is -0.255 e. The lowest BCUT2D eigenvalue weighted by atomic mass is 9.87. The van der Waals surface area contributed by atoms with Gasteiger partial charge in [-0.15, -0.1) is 0 Å². The van der Waals surface area contributed by atoms with Gasteiger partial charge in [0.25, 0.3) is 0 Å². The molecular formula is C18H11F7N2O2S. The second-order valence-corrected chi connectivity index (χ2v) is 7.97. The zero-order valence-corrected chi connectivity index (χ0v) is 15.4. The number of nitrogens with two attached hydrogens (primary N) is 1. The fraction of sp³-hybridized carbons (Fsp3) is 0.167. The summed E-state index contributed by atoms with van der Waals surface area (Å²) in [6.45, 7) is 0. The molecule has 0 spiro atoms. The van der Waals surface area contributed by atoms with Crippen molar-refractivity contribution in [2.45, 2.75) is 17.2 Å². The molecule has 0 bridgehead atoms. The lowest BCUT2D eigenvalue weighted by Crippen LogP contribution is -2.46. The summed E-state index contributed by atoms with van der Waals surface area (Å²) in [5, 5.41) is 4.92. The molecule has 0 unspecified atom stereocenters. The van der Waals surface area contributed by atoms with Crippen molar-refractivity contribution in [2.24, 2.45) is 10.6 Å². The minimum atomic E-state index is -5.74. The van der Waals surface area contributed by atoms with Gasteiger partial charge in [-0.2, -0.15) is 26.3 Å². The highest BCUT2D eigenvalue weighted by Gasteiger charge is 2.70. The maximum atomic E-state index is 13.6. The van der Waals surface area contributed by atoms with Crippen molar-refractivity contribution in [3.05, 3.63) is 71.8 Å². The van der Waals surface area contributed by atoms with E-state index < -0.39 is 49.6 Å². The fourth-order valence-corrected chi connectivity index (χ4v) is 3.39. The molecule has 1 aromatic heterocycles. The Labute approximate surface area is 165 Å². The smallest absolute Gasteiger partial charge is 0.255 e. The van der Waals surface area contributed by atoms with Crippen molar-refractivity contribution in [1.29, 1.82) is 0 Å². The Morgan fingerprint density at radius 3 is 1.80 bits per heavy atom. The number of aromatic nitrogens is 1. The van der Waals surface area contributed by atoms with E-state index in [1.165, 1.54) is 0 Å². The molecule has 0 radical (unpaired) electrons. The second kappa shape index (κ2) is 6.91. The first-order chi connectivity index (χ1) is 13.7. The maximum Gasteiger partial charge on any atom is 0.410 e. The molecule has 160 valence electrons. The Morgan fingerprint density at radius 2 is 1.37 bits per heavy atom. The second-order valence-electron chi connectivity index (χ2n) is 6.41. The Kier molecular flexibility index (Phi) is 5.06. The molecule has 4 nitrogen and oxygen atoms in total. The molecule has 12 heteroatoms. The molecule has 0 amide bonds. The van der Waals surface area contributed by atoms with Crippen LogP contribution in [0.3, 0.4) is 0 Å². The summed E-state index contributed by atoms with van der Waals surface area (Å²) in [6, 6.07) is 5.65. The van der Waals surface area contributed by atoms with Crippen molar-refractivity contribution < 1.29 is 39.2 Å². The molecule has 3 rings (SSSR count). The largest absolute Gasteiger partial charge is 0.410 e. The molecule has 0 saturated heterocycles. The van der Waals surface area contributed by atoms with Crippen molar-refractivity contribution in [2.75, 3.05) is 0 Å². The minimum absolute atomic E-state index is 0.00480. The van der Waals surface area contributed by atoms with Crippen LogP contribution < -0.4 is 5.14 Å². The van der Waals surface area contributed by atoms with Gasteiger partial charge in [-0.3, -0.25) is 4.98 Å². The van der Waals surface area contributed by atoms with Gasteiger partial charge in [0.05, 0.1) is 5.69 Å². The molecule has 1 aliphatic carbocycles. The first-order valence-corrected chi connectivity index (χ1v) is 9.55. The molecule has 0 aliphatic heterocycles. The third-order valence-electron chi connectivity index (χ3n) is 4.47. The van der Waals surface area contributed by atoms with Gasteiger partial charge < -0.3 is 0 Å². The number of alkyl halides is 6. The van der Waals surface area contributed by atoms with Gasteiger partial charge in [-0.05, 0) is 47.6 Å². The number of rotatable bonds is 3. The molecular weight excluding hydrogens is 441 g/mol. The van der Waals surface area contributed by atoms with E-state index in [0.29, 0.717) is 0 Å². The van der Waals surface area contributed by atoms with Crippen LogP contribution in [0, 0.1) is 11.2 Å². The number of pyridine rings is 1. The summed E-state index contributed by atoms with van der Waals surface area (Å²) in [4.78, 5) is 3.20. The zero-order valence-electron chi connectivity index (χ0n) is 14.6. The van der Waals surface area contributed by atoms with Gasteiger partial charge >= 0.3 is 12.4 Å². The van der Waals surface area contributed by atoms with Gasteiger partial charge in [0, 0.05) is 11.8 Å². The standard InChI is InChI=1S/C18H11F7N2O2S/c19-11-3-1-10(2-4-11)13-7-16(17(20,21)22,18(23,24)25)8-14(13)15-6-5-12(9-27-15)30(26,28)29/h1-9H,(H2,26,28,29). The molecule has 30 heavy (non-hydrogen) atoms. The molecule has 2 aromatic rings. The molecule has 0 fully saturated rings. The van der Waals surface area contributed by atoms with E-state index in [1.807, 2.05) is 0 Å². The summed E-state index contributed by atoms with van der Waals surface area (Å²) >= 11 is 0. The van der Waals surface area contributed by atoms with Crippen LogP contribution in [0.4, 0.5) is 30.7 Å². The summed E-state index contributed by atoms with van der Waals surface area (Å²) < 4.78 is 117. The Hall–Kier alpha value is -2.73. The van der Waals surface area contributed by atoms with Gasteiger partial charge in [0.15, 0.2) is 5.41 Å². The third kappa shape index (κ3) is 3.72. The average molecular weight is 452 g/mol. The highest BCUT2D eigenvalue weighted by atomic mass is 32.2. The van der Waals surface area contributed by atoms with Gasteiger partial charge in [0.2, 0.25) is 10.0 Å². The first kappa shape index (κ1) is 22.0. The van der Waals surface area contributed by atoms with Gasteiger partial charge in [-0.25, -0.2) is 17.9 Å². The van der Waals surface area contributed by atoms with E-state index in [1.54, 1.807) is 0 Å². The van der Waals surface area contributed by atoms with Crippen LogP contribution in [0.15, 0.2) is 59.6 Å². The summed E-state index contributed by atoms with van der Waals surface area (Å²) in [6.07, 6.45) is -10.8. The topological polar surface area (TPSA) is 73.1 Å². The highest BCUT2D eigenvalue weighted by Crippen LogP contribution is 2.59. The van der Waals surface area contributed by atoms with Crippen LogP contribution in [0.5, 0.6) is 0 Å². The van der Waals surface area contributed by atoms with Crippen molar-refractivity contribution in [3.8, 4) is 0 Å². The average Bonchev–Trinajstić information content (AvgIpc) is 3.04. The van der Waals surface area contributed by atoms with Crippen LogP contribution in [0.2, 0.25) is 0 Å². The lowest BCUT2D eigenvalue weighted by molar-refractivity contribution is -0.301. The molecule has 2 N–H and O–H groups in total. The Morgan fingerprint density at radius 1 is 0.833 bits per heavy atom. The monoisotopic (exact) mass is 452 g/mol. The van der Waals surface area contributed by atoms with Crippen molar-refractivity contribution >= 4 is 21.2 Å². The van der Waals surface area contributed by atoms with Gasteiger partial charge in [0.1, 0.15) is 10.7 Å². The van der Waals surface area contributed by atoms with Gasteiger partial charge in [-0.1, -0.05) is 12.1 Å². The number of hydrogen-bond acceptors (Lipinski definition) is 3. The van der Waals surface area contributed by atoms with E-state index in [-0.39, 0.29) is 23.4 Å². The van der Waals surface area contributed by atoms with E-state index >= 15 is 0 Å². The van der Waals surface area contributed by atoms with Crippen molar-refractivity contribution in [3.63, 3.8) is 0 Å². The van der Waals surface area contributed by atoms with Crippen molar-refractivity contribution in [1.82, 2.24) is 4.98 Å². The number of allylic oxidation sites excluding steroid dienone is 4. The molecule has 1 aliphatic rings. The number of benzene rings is 1. The summed E-state index contributed by atoms with van der Waals surface area (Å²) in [5.74, 6) is -0.739. The fourth-order valence-electron chi connectivity index (χ4n) is 2.93. The SMILES string of the molecule is NS(=O)(=O)c1ccc(C2=CC(C(F)(F)F)(C(F)(F)F)C=C2c2ccc(F)cc2)nc1. The lowest BCUT2D eigenvalue weighted by Gasteiger charge is -2.30. The van der Waals surface area contributed by atoms with Crippen LogP contribution >= 0.6 is 0 Å². The predicted octanol–water partition coefficient (Wildman–Crippen LogP) is 4.46. The van der Waals surface area contributed by atoms with Crippen LogP contribution in [-0.2, 0) is 10.0 Å². The molecule has 0 atom stereocenters. The quantitative estimate of drug-likeness (QED) is 0.699. The molecule has 1 aromatic carbocycles. The predicted molar refractivity (Wildman–Crippen MR) is 92.5 cm³/mol. The number of halogens is 7. The van der Waals surface area contributed by atoms with Crippen LogP contribution in [0.25, 0.3) is 11.1 Å². The van der Waals surface area contributed by atoms with Crippen LogP contribution in [0.1, 0.15) is 11.3 Å². The van der Waals surface area contributed by atoms with E-state index in [0.717, 1.165) is 42.6 Å². The first-order valence-electron chi connectivity index (χ1n) is 8.00.